The van der Waals surface area contributed by atoms with E-state index in [0.717, 1.165) is 17.8 Å². The van der Waals surface area contributed by atoms with Crippen molar-refractivity contribution in [1.29, 1.82) is 0 Å². The van der Waals surface area contributed by atoms with Crippen molar-refractivity contribution in [3.8, 4) is 0 Å². The Balaban J connectivity index is 1.39. The summed E-state index contributed by atoms with van der Waals surface area (Å²) in [6, 6.07) is 9.83. The van der Waals surface area contributed by atoms with Crippen molar-refractivity contribution in [2.24, 2.45) is 0 Å². The second-order valence-electron chi connectivity index (χ2n) is 7.49. The van der Waals surface area contributed by atoms with Crippen molar-refractivity contribution in [2.75, 3.05) is 44.2 Å². The van der Waals surface area contributed by atoms with Crippen molar-refractivity contribution in [3.63, 3.8) is 0 Å². The number of benzene rings is 1. The number of carbonyl (C=O) groups excluding carboxylic acids is 3. The molecule has 1 aliphatic heterocycles. The van der Waals surface area contributed by atoms with Crippen molar-refractivity contribution in [3.05, 3.63) is 58.7 Å². The zero-order chi connectivity index (χ0) is 24.7. The van der Waals surface area contributed by atoms with Gasteiger partial charge in [0.05, 0.1) is 17.0 Å². The van der Waals surface area contributed by atoms with E-state index in [1.165, 1.54) is 4.90 Å². The van der Waals surface area contributed by atoms with Crippen LogP contribution in [0.5, 0.6) is 0 Å². The van der Waals surface area contributed by atoms with Gasteiger partial charge in [-0.2, -0.15) is 13.2 Å². The monoisotopic (exact) mass is 498 g/mol. The number of piperazine rings is 1. The fraction of sp³-hybridized carbons (Fsp3) is 0.364. The van der Waals surface area contributed by atoms with E-state index in [0.29, 0.717) is 13.1 Å². The molecule has 2 amide bonds. The molecular weight excluding hydrogens is 477 g/mol. The van der Waals surface area contributed by atoms with Crippen LogP contribution in [-0.2, 0) is 31.7 Å². The van der Waals surface area contributed by atoms with Crippen molar-refractivity contribution in [2.45, 2.75) is 12.6 Å². The lowest BCUT2D eigenvalue weighted by atomic mass is 10.1. The molecule has 0 radical (unpaired) electrons. The van der Waals surface area contributed by atoms with E-state index in [1.807, 2.05) is 6.07 Å². The van der Waals surface area contributed by atoms with Gasteiger partial charge in [-0.3, -0.25) is 14.4 Å². The number of amides is 2. The van der Waals surface area contributed by atoms with E-state index in [-0.39, 0.29) is 42.8 Å². The van der Waals surface area contributed by atoms with E-state index in [4.69, 9.17) is 16.3 Å². The lowest BCUT2D eigenvalue weighted by Crippen LogP contribution is -2.50. The van der Waals surface area contributed by atoms with Crippen LogP contribution in [0.1, 0.15) is 11.1 Å². The third-order valence-electron chi connectivity index (χ3n) is 5.08. The topological polar surface area (TPSA) is 91.8 Å². The Morgan fingerprint density at radius 2 is 1.76 bits per heavy atom. The van der Waals surface area contributed by atoms with Crippen LogP contribution in [-0.4, -0.2) is 67.0 Å². The first-order valence-electron chi connectivity index (χ1n) is 10.3. The van der Waals surface area contributed by atoms with Gasteiger partial charge in [0.1, 0.15) is 12.4 Å². The second-order valence-corrected chi connectivity index (χ2v) is 7.90. The van der Waals surface area contributed by atoms with E-state index in [1.54, 1.807) is 29.2 Å². The maximum Gasteiger partial charge on any atom is 0.417 e. The number of halogens is 4. The molecule has 182 valence electrons. The molecule has 1 saturated heterocycles. The molecule has 0 spiro atoms. The first-order chi connectivity index (χ1) is 16.1. The highest BCUT2D eigenvalue weighted by Gasteiger charge is 2.32. The number of ether oxygens (including phenoxy) is 1. The van der Waals surface area contributed by atoms with E-state index < -0.39 is 30.2 Å². The molecule has 0 aliphatic carbocycles. The maximum absolute atomic E-state index is 12.8. The molecule has 1 aromatic heterocycles. The highest BCUT2D eigenvalue weighted by atomic mass is 35.5. The Hall–Kier alpha value is -3.34. The largest absolute Gasteiger partial charge is 0.454 e. The van der Waals surface area contributed by atoms with Gasteiger partial charge < -0.3 is 19.9 Å². The lowest BCUT2D eigenvalue weighted by Gasteiger charge is -2.35. The van der Waals surface area contributed by atoms with Crippen molar-refractivity contribution >= 4 is 35.2 Å². The molecule has 8 nitrogen and oxygen atoms in total. The first-order valence-corrected chi connectivity index (χ1v) is 10.7. The summed E-state index contributed by atoms with van der Waals surface area (Å²) in [5, 5.41) is 2.31. The molecule has 3 rings (SSSR count). The van der Waals surface area contributed by atoms with Crippen LogP contribution >= 0.6 is 11.6 Å². The number of alkyl halides is 3. The molecule has 34 heavy (non-hydrogen) atoms. The van der Waals surface area contributed by atoms with Crippen molar-refractivity contribution in [1.82, 2.24) is 15.2 Å². The summed E-state index contributed by atoms with van der Waals surface area (Å²) in [5.41, 5.74) is -0.136. The summed E-state index contributed by atoms with van der Waals surface area (Å²) in [6.07, 6.45) is -3.70. The van der Waals surface area contributed by atoms with Gasteiger partial charge in [0.25, 0.3) is 5.91 Å². The highest BCUT2D eigenvalue weighted by Crippen LogP contribution is 2.33. The number of esters is 1. The number of aromatic nitrogens is 1. The molecule has 1 fully saturated rings. The molecule has 1 aromatic carbocycles. The van der Waals surface area contributed by atoms with E-state index in [9.17, 15) is 27.6 Å². The van der Waals surface area contributed by atoms with Gasteiger partial charge in [0.15, 0.2) is 6.61 Å². The minimum absolute atomic E-state index is 0.120. The second kappa shape index (κ2) is 11.2. The summed E-state index contributed by atoms with van der Waals surface area (Å²) < 4.78 is 43.3. The number of hydrogen-bond acceptors (Lipinski definition) is 6. The number of hydrogen-bond donors (Lipinski definition) is 1. The predicted octanol–water partition coefficient (Wildman–Crippen LogP) is 2.30. The van der Waals surface area contributed by atoms with Crippen LogP contribution < -0.4 is 10.2 Å². The number of rotatable bonds is 7. The zero-order valence-corrected chi connectivity index (χ0v) is 18.7. The summed E-state index contributed by atoms with van der Waals surface area (Å²) in [5.74, 6) is -1.30. The number of nitrogens with one attached hydrogen (secondary N) is 1. The average molecular weight is 499 g/mol. The Labute approximate surface area is 198 Å². The molecule has 0 unspecified atom stereocenters. The van der Waals surface area contributed by atoms with Crippen LogP contribution in [0.2, 0.25) is 5.02 Å². The fourth-order valence-corrected chi connectivity index (χ4v) is 3.57. The molecule has 12 heteroatoms. The average Bonchev–Trinajstić information content (AvgIpc) is 2.81. The van der Waals surface area contributed by atoms with Gasteiger partial charge in [-0.25, -0.2) is 4.98 Å². The number of carbonyl (C=O) groups is 3. The summed E-state index contributed by atoms with van der Waals surface area (Å²) in [7, 11) is 0. The standard InChI is InChI=1S/C22H22ClF3N4O4/c23-17-11-16(22(24,25)26)12-28-21(17)30-8-6-29(7-9-30)19(32)14-34-20(33)13-27-18(31)10-15-4-2-1-3-5-15/h1-5,11-12H,6-10,13-14H2,(H,27,31). The highest BCUT2D eigenvalue weighted by molar-refractivity contribution is 6.33. The quantitative estimate of drug-likeness (QED) is 0.589. The minimum Gasteiger partial charge on any atom is -0.454 e. The Kier molecular flexibility index (Phi) is 8.32. The van der Waals surface area contributed by atoms with Gasteiger partial charge in [-0.1, -0.05) is 41.9 Å². The normalized spacial score (nSPS) is 14.0. The smallest absolute Gasteiger partial charge is 0.417 e. The molecule has 0 bridgehead atoms. The third-order valence-corrected chi connectivity index (χ3v) is 5.35. The van der Waals surface area contributed by atoms with Crippen LogP contribution in [0.4, 0.5) is 19.0 Å². The van der Waals surface area contributed by atoms with E-state index in [2.05, 4.69) is 10.3 Å². The lowest BCUT2D eigenvalue weighted by molar-refractivity contribution is -0.151. The summed E-state index contributed by atoms with van der Waals surface area (Å²) >= 11 is 5.98. The number of pyridine rings is 1. The summed E-state index contributed by atoms with van der Waals surface area (Å²) in [6.45, 7) is 0.268. The zero-order valence-electron chi connectivity index (χ0n) is 18.0. The fourth-order valence-electron chi connectivity index (χ4n) is 3.29. The van der Waals surface area contributed by atoms with Crippen LogP contribution in [0.15, 0.2) is 42.6 Å². The Morgan fingerprint density at radius 3 is 2.38 bits per heavy atom. The SMILES string of the molecule is O=C(Cc1ccccc1)NCC(=O)OCC(=O)N1CCN(c2ncc(C(F)(F)F)cc2Cl)CC1. The maximum atomic E-state index is 12.8. The number of nitrogens with zero attached hydrogens (tertiary/aromatic N) is 3. The van der Waals surface area contributed by atoms with Gasteiger partial charge in [-0.05, 0) is 11.6 Å². The molecule has 0 atom stereocenters. The van der Waals surface area contributed by atoms with Crippen LogP contribution in [0.25, 0.3) is 0 Å². The molecular formula is C22H22ClF3N4O4. The molecule has 1 N–H and O–H groups in total. The minimum atomic E-state index is -4.54. The Morgan fingerprint density at radius 1 is 1.09 bits per heavy atom. The molecule has 2 heterocycles. The predicted molar refractivity (Wildman–Crippen MR) is 117 cm³/mol. The number of anilines is 1. The summed E-state index contributed by atoms with van der Waals surface area (Å²) in [4.78, 5) is 43.0. The van der Waals surface area contributed by atoms with Gasteiger partial charge in [-0.15, -0.1) is 0 Å². The van der Waals surface area contributed by atoms with Gasteiger partial charge >= 0.3 is 12.1 Å². The van der Waals surface area contributed by atoms with Crippen LogP contribution in [0.3, 0.4) is 0 Å². The van der Waals surface area contributed by atoms with Crippen molar-refractivity contribution < 1.29 is 32.3 Å². The first kappa shape index (κ1) is 25.3. The molecule has 1 aliphatic rings. The van der Waals surface area contributed by atoms with E-state index >= 15 is 0 Å². The van der Waals surface area contributed by atoms with Gasteiger partial charge in [0.2, 0.25) is 5.91 Å². The molecule has 0 saturated carbocycles. The van der Waals surface area contributed by atoms with Crippen LogP contribution in [0, 0.1) is 0 Å². The van der Waals surface area contributed by atoms with Gasteiger partial charge in [0, 0.05) is 32.4 Å². The Bertz CT molecular complexity index is 1030. The third kappa shape index (κ3) is 7.08. The molecule has 2 aromatic rings.